The van der Waals surface area contributed by atoms with E-state index in [4.69, 9.17) is 0 Å². The number of anilines is 2. The molecule has 0 bridgehead atoms. The van der Waals surface area contributed by atoms with Crippen molar-refractivity contribution >= 4 is 11.8 Å². The number of alkyl halides is 2. The van der Waals surface area contributed by atoms with Crippen molar-refractivity contribution in [2.45, 2.75) is 38.5 Å². The van der Waals surface area contributed by atoms with E-state index in [-0.39, 0.29) is 0 Å². The second kappa shape index (κ2) is 5.50. The monoisotopic (exact) mass is 282 g/mol. The van der Waals surface area contributed by atoms with Crippen LogP contribution in [0.5, 0.6) is 0 Å². The van der Waals surface area contributed by atoms with Gasteiger partial charge >= 0.3 is 0 Å². The molecule has 3 rings (SSSR count). The van der Waals surface area contributed by atoms with Crippen LogP contribution in [0.1, 0.15) is 25.5 Å². The molecule has 2 saturated heterocycles. The van der Waals surface area contributed by atoms with Crippen molar-refractivity contribution in [2.75, 3.05) is 36.0 Å². The molecule has 3 heterocycles. The minimum absolute atomic E-state index is 0.359. The minimum atomic E-state index is -0.797. The smallest absolute Gasteiger partial charge is 0.227 e. The lowest BCUT2D eigenvalue weighted by molar-refractivity contribution is 0.364. The van der Waals surface area contributed by atoms with Crippen molar-refractivity contribution in [1.29, 1.82) is 0 Å². The Morgan fingerprint density at radius 2 is 1.75 bits per heavy atom. The van der Waals surface area contributed by atoms with Gasteiger partial charge in [0.2, 0.25) is 5.95 Å². The minimum Gasteiger partial charge on any atom is -0.353 e. The third kappa shape index (κ3) is 2.69. The molecule has 2 atom stereocenters. The van der Waals surface area contributed by atoms with Gasteiger partial charge in [-0.15, -0.1) is 0 Å². The summed E-state index contributed by atoms with van der Waals surface area (Å²) in [6.07, 6.45) is 0.305. The fourth-order valence-electron chi connectivity index (χ4n) is 2.78. The molecular formula is C14H20F2N4. The summed E-state index contributed by atoms with van der Waals surface area (Å²) in [4.78, 5) is 12.8. The Hall–Kier alpha value is -1.46. The fraction of sp³-hybridized carbons (Fsp3) is 0.714. The van der Waals surface area contributed by atoms with Crippen molar-refractivity contribution < 1.29 is 8.78 Å². The molecule has 4 nitrogen and oxygen atoms in total. The quantitative estimate of drug-likeness (QED) is 0.850. The van der Waals surface area contributed by atoms with E-state index in [1.807, 2.05) is 22.8 Å². The highest BCUT2D eigenvalue weighted by Gasteiger charge is 2.27. The molecule has 0 N–H and O–H groups in total. The summed E-state index contributed by atoms with van der Waals surface area (Å²) in [5, 5.41) is 0. The van der Waals surface area contributed by atoms with Gasteiger partial charge in [-0.3, -0.25) is 0 Å². The predicted molar refractivity (Wildman–Crippen MR) is 74.9 cm³/mol. The van der Waals surface area contributed by atoms with Crippen LogP contribution in [0.15, 0.2) is 6.07 Å². The normalized spacial score (nSPS) is 26.6. The van der Waals surface area contributed by atoms with Gasteiger partial charge in [-0.25, -0.2) is 13.8 Å². The topological polar surface area (TPSA) is 32.3 Å². The Morgan fingerprint density at radius 3 is 2.30 bits per heavy atom. The van der Waals surface area contributed by atoms with Gasteiger partial charge in [-0.2, -0.15) is 4.98 Å². The number of aryl methyl sites for hydroxylation is 1. The van der Waals surface area contributed by atoms with Crippen molar-refractivity contribution in [3.63, 3.8) is 0 Å². The zero-order valence-corrected chi connectivity index (χ0v) is 11.7. The van der Waals surface area contributed by atoms with E-state index in [2.05, 4.69) is 9.97 Å². The van der Waals surface area contributed by atoms with Crippen LogP contribution >= 0.6 is 0 Å². The van der Waals surface area contributed by atoms with Crippen molar-refractivity contribution in [3.05, 3.63) is 11.8 Å². The maximum absolute atomic E-state index is 13.3. The SMILES string of the molecule is CCc1cc(N2CC[C@@H](F)C2)nc(N2CC[C@@H](F)C2)n1. The molecule has 0 amide bonds. The second-order valence-electron chi connectivity index (χ2n) is 5.53. The largest absolute Gasteiger partial charge is 0.353 e. The second-order valence-corrected chi connectivity index (χ2v) is 5.53. The first-order chi connectivity index (χ1) is 9.65. The van der Waals surface area contributed by atoms with Gasteiger partial charge in [0.25, 0.3) is 0 Å². The van der Waals surface area contributed by atoms with Gasteiger partial charge in [0.1, 0.15) is 18.2 Å². The third-order valence-electron chi connectivity index (χ3n) is 3.98. The van der Waals surface area contributed by atoms with Crippen LogP contribution in [0.2, 0.25) is 0 Å². The first kappa shape index (κ1) is 13.5. The lowest BCUT2D eigenvalue weighted by Gasteiger charge is -2.21. The molecule has 6 heteroatoms. The summed E-state index contributed by atoms with van der Waals surface area (Å²) in [7, 11) is 0. The molecule has 1 aromatic heterocycles. The fourth-order valence-corrected chi connectivity index (χ4v) is 2.78. The van der Waals surface area contributed by atoms with Crippen LogP contribution in [0.4, 0.5) is 20.5 Å². The molecule has 20 heavy (non-hydrogen) atoms. The molecule has 0 aromatic carbocycles. The molecule has 0 spiro atoms. The highest BCUT2D eigenvalue weighted by molar-refractivity contribution is 5.47. The number of hydrogen-bond acceptors (Lipinski definition) is 4. The summed E-state index contributed by atoms with van der Waals surface area (Å²) >= 11 is 0. The number of rotatable bonds is 3. The third-order valence-corrected chi connectivity index (χ3v) is 3.98. The van der Waals surface area contributed by atoms with E-state index in [1.165, 1.54) is 0 Å². The highest BCUT2D eigenvalue weighted by atomic mass is 19.1. The number of aromatic nitrogens is 2. The Kier molecular flexibility index (Phi) is 3.72. The molecule has 2 aliphatic heterocycles. The van der Waals surface area contributed by atoms with Gasteiger partial charge in [0.05, 0.1) is 13.1 Å². The van der Waals surface area contributed by atoms with Crippen LogP contribution in [-0.4, -0.2) is 48.5 Å². The zero-order valence-electron chi connectivity index (χ0n) is 11.7. The predicted octanol–water partition coefficient (Wildman–Crippen LogP) is 2.14. The standard InChI is InChI=1S/C14H20F2N4/c1-2-12-7-13(19-5-3-10(15)8-19)18-14(17-12)20-6-4-11(16)9-20/h7,10-11H,2-6,8-9H2,1H3/t10-,11-/m1/s1. The van der Waals surface area contributed by atoms with Crippen molar-refractivity contribution in [1.82, 2.24) is 9.97 Å². The molecular weight excluding hydrogens is 262 g/mol. The van der Waals surface area contributed by atoms with E-state index in [0.717, 1.165) is 17.9 Å². The van der Waals surface area contributed by atoms with Gasteiger partial charge in [-0.1, -0.05) is 6.92 Å². The summed E-state index contributed by atoms with van der Waals surface area (Å²) in [5.41, 5.74) is 0.926. The van der Waals surface area contributed by atoms with Crippen LogP contribution in [0.25, 0.3) is 0 Å². The molecule has 0 aliphatic carbocycles. The molecule has 0 radical (unpaired) electrons. The summed E-state index contributed by atoms with van der Waals surface area (Å²) < 4.78 is 26.7. The van der Waals surface area contributed by atoms with E-state index in [0.29, 0.717) is 45.0 Å². The average molecular weight is 282 g/mol. The average Bonchev–Trinajstić information content (AvgIpc) is 3.07. The number of hydrogen-bond donors (Lipinski definition) is 0. The first-order valence-corrected chi connectivity index (χ1v) is 7.31. The molecule has 2 fully saturated rings. The van der Waals surface area contributed by atoms with Crippen LogP contribution in [0, 0.1) is 0 Å². The van der Waals surface area contributed by atoms with Crippen LogP contribution < -0.4 is 9.80 Å². The van der Waals surface area contributed by atoms with Gasteiger partial charge < -0.3 is 9.80 Å². The van der Waals surface area contributed by atoms with Crippen LogP contribution in [-0.2, 0) is 6.42 Å². The maximum Gasteiger partial charge on any atom is 0.227 e. The van der Waals surface area contributed by atoms with Crippen molar-refractivity contribution in [3.8, 4) is 0 Å². The molecule has 110 valence electrons. The summed E-state index contributed by atoms with van der Waals surface area (Å²) in [6.45, 7) is 4.12. The Morgan fingerprint density at radius 1 is 1.10 bits per heavy atom. The molecule has 1 aromatic rings. The molecule has 2 aliphatic rings. The molecule has 0 saturated carbocycles. The zero-order chi connectivity index (χ0) is 14.1. The van der Waals surface area contributed by atoms with Gasteiger partial charge in [-0.05, 0) is 19.3 Å². The lowest BCUT2D eigenvalue weighted by atomic mass is 10.3. The van der Waals surface area contributed by atoms with E-state index in [9.17, 15) is 8.78 Å². The Bertz CT molecular complexity index is 444. The summed E-state index contributed by atoms with van der Waals surface area (Å²) in [6, 6.07) is 1.92. The van der Waals surface area contributed by atoms with Gasteiger partial charge in [0.15, 0.2) is 0 Å². The molecule has 0 unspecified atom stereocenters. The Labute approximate surface area is 117 Å². The highest BCUT2D eigenvalue weighted by Crippen LogP contribution is 2.25. The maximum atomic E-state index is 13.3. The first-order valence-electron chi connectivity index (χ1n) is 7.31. The van der Waals surface area contributed by atoms with E-state index >= 15 is 0 Å². The van der Waals surface area contributed by atoms with Gasteiger partial charge in [0, 0.05) is 24.8 Å². The van der Waals surface area contributed by atoms with E-state index in [1.54, 1.807) is 0 Å². The van der Waals surface area contributed by atoms with E-state index < -0.39 is 12.3 Å². The number of nitrogens with zero attached hydrogens (tertiary/aromatic N) is 4. The Balaban J connectivity index is 1.86. The lowest BCUT2D eigenvalue weighted by Crippen LogP contribution is -2.26. The summed E-state index contributed by atoms with van der Waals surface area (Å²) in [5.74, 6) is 1.36. The number of halogens is 2. The van der Waals surface area contributed by atoms with Crippen molar-refractivity contribution in [2.24, 2.45) is 0 Å². The van der Waals surface area contributed by atoms with Crippen LogP contribution in [0.3, 0.4) is 0 Å².